The molecule has 0 radical (unpaired) electrons. The molecule has 0 spiro atoms. The van der Waals surface area contributed by atoms with E-state index in [1.165, 1.54) is 12.8 Å². The Morgan fingerprint density at radius 3 is 2.82 bits per heavy atom. The fourth-order valence-electron chi connectivity index (χ4n) is 1.74. The second-order valence-corrected chi connectivity index (χ2v) is 4.52. The third kappa shape index (κ3) is 3.97. The van der Waals surface area contributed by atoms with Crippen molar-refractivity contribution in [2.75, 3.05) is 6.54 Å². The van der Waals surface area contributed by atoms with E-state index in [2.05, 4.69) is 10.1 Å². The summed E-state index contributed by atoms with van der Waals surface area (Å²) in [6, 6.07) is 7.03. The topological polar surface area (TPSA) is 21.3 Å². The lowest BCUT2D eigenvalue weighted by molar-refractivity contribution is -0.0499. The van der Waals surface area contributed by atoms with Crippen molar-refractivity contribution in [2.24, 2.45) is 5.92 Å². The molecule has 0 aliphatic heterocycles. The molecule has 0 amide bonds. The van der Waals surface area contributed by atoms with Crippen molar-refractivity contribution < 1.29 is 13.5 Å². The molecule has 4 heteroatoms. The van der Waals surface area contributed by atoms with E-state index >= 15 is 0 Å². The first-order valence-corrected chi connectivity index (χ1v) is 5.93. The lowest BCUT2D eigenvalue weighted by atomic mass is 10.1. The zero-order chi connectivity index (χ0) is 12.3. The molecule has 1 saturated carbocycles. The highest BCUT2D eigenvalue weighted by Crippen LogP contribution is 2.29. The van der Waals surface area contributed by atoms with Gasteiger partial charge in [-0.2, -0.15) is 8.78 Å². The maximum atomic E-state index is 12.1. The molecule has 0 bridgehead atoms. The molecule has 94 valence electrons. The second-order valence-electron chi connectivity index (χ2n) is 4.52. The molecule has 1 atom stereocenters. The van der Waals surface area contributed by atoms with Crippen molar-refractivity contribution in [2.45, 2.75) is 32.4 Å². The fourth-order valence-corrected chi connectivity index (χ4v) is 1.74. The first kappa shape index (κ1) is 12.3. The average Bonchev–Trinajstić information content (AvgIpc) is 3.09. The van der Waals surface area contributed by atoms with Crippen LogP contribution in [0.4, 0.5) is 8.78 Å². The van der Waals surface area contributed by atoms with Crippen molar-refractivity contribution >= 4 is 0 Å². The lowest BCUT2D eigenvalue weighted by Gasteiger charge is -2.15. The Morgan fingerprint density at radius 1 is 1.41 bits per heavy atom. The molecule has 2 nitrogen and oxygen atoms in total. The van der Waals surface area contributed by atoms with Crippen LogP contribution in [0.5, 0.6) is 5.75 Å². The Bertz CT molecular complexity index is 366. The third-order valence-electron chi connectivity index (χ3n) is 2.99. The van der Waals surface area contributed by atoms with Gasteiger partial charge < -0.3 is 10.1 Å². The molecule has 0 heterocycles. The molecule has 1 unspecified atom stereocenters. The summed E-state index contributed by atoms with van der Waals surface area (Å²) < 4.78 is 28.5. The van der Waals surface area contributed by atoms with Crippen LogP contribution in [0.25, 0.3) is 0 Å². The van der Waals surface area contributed by atoms with Crippen LogP contribution in [-0.4, -0.2) is 13.2 Å². The largest absolute Gasteiger partial charge is 0.435 e. The molecule has 1 N–H and O–H groups in total. The summed E-state index contributed by atoms with van der Waals surface area (Å²) in [4.78, 5) is 0. The highest BCUT2D eigenvalue weighted by molar-refractivity contribution is 5.30. The summed E-state index contributed by atoms with van der Waals surface area (Å²) in [7, 11) is 0. The summed E-state index contributed by atoms with van der Waals surface area (Å²) in [5.74, 6) is 1.02. The van der Waals surface area contributed by atoms with Gasteiger partial charge >= 0.3 is 6.61 Å². The van der Waals surface area contributed by atoms with Crippen LogP contribution < -0.4 is 10.1 Å². The minimum absolute atomic E-state index is 0.164. The maximum Gasteiger partial charge on any atom is 0.387 e. The van der Waals surface area contributed by atoms with Gasteiger partial charge in [-0.1, -0.05) is 12.1 Å². The lowest BCUT2D eigenvalue weighted by Crippen LogP contribution is -2.21. The van der Waals surface area contributed by atoms with E-state index < -0.39 is 6.61 Å². The highest BCUT2D eigenvalue weighted by atomic mass is 19.3. The summed E-state index contributed by atoms with van der Waals surface area (Å²) in [6.45, 7) is 0.269. The van der Waals surface area contributed by atoms with Gasteiger partial charge in [0.2, 0.25) is 0 Å². The van der Waals surface area contributed by atoms with Gasteiger partial charge in [-0.25, -0.2) is 0 Å². The summed E-state index contributed by atoms with van der Waals surface area (Å²) in [6.07, 6.45) is 2.60. The molecule has 0 saturated heterocycles. The van der Waals surface area contributed by atoms with Crippen LogP contribution in [-0.2, 0) is 0 Å². The molecule has 17 heavy (non-hydrogen) atoms. The SMILES string of the molecule is CC(NCC1CC1)c1cccc(OC(F)F)c1. The molecular weight excluding hydrogens is 224 g/mol. The number of halogens is 2. The van der Waals surface area contributed by atoms with Crippen LogP contribution in [0.2, 0.25) is 0 Å². The zero-order valence-corrected chi connectivity index (χ0v) is 9.83. The van der Waals surface area contributed by atoms with Gasteiger partial charge in [0.05, 0.1) is 0 Å². The van der Waals surface area contributed by atoms with Crippen molar-refractivity contribution in [1.29, 1.82) is 0 Å². The molecule has 1 aromatic rings. The van der Waals surface area contributed by atoms with Gasteiger partial charge in [0.15, 0.2) is 0 Å². The Kier molecular flexibility index (Phi) is 3.94. The first-order valence-electron chi connectivity index (χ1n) is 5.93. The van der Waals surface area contributed by atoms with E-state index in [1.54, 1.807) is 18.2 Å². The number of nitrogens with one attached hydrogen (secondary N) is 1. The van der Waals surface area contributed by atoms with Crippen molar-refractivity contribution in [3.8, 4) is 5.75 Å². The quantitative estimate of drug-likeness (QED) is 0.824. The standard InChI is InChI=1S/C13H17F2NO/c1-9(16-8-10-5-6-10)11-3-2-4-12(7-11)17-13(14)15/h2-4,7,9-10,13,16H,5-6,8H2,1H3. The van der Waals surface area contributed by atoms with E-state index in [1.807, 2.05) is 13.0 Å². The third-order valence-corrected chi connectivity index (χ3v) is 2.99. The van der Waals surface area contributed by atoms with E-state index in [9.17, 15) is 8.78 Å². The molecule has 2 rings (SSSR count). The predicted octanol–water partition coefficient (Wildman–Crippen LogP) is 3.35. The molecular formula is C13H17F2NO. The Hall–Kier alpha value is -1.16. The van der Waals surface area contributed by atoms with Crippen molar-refractivity contribution in [3.63, 3.8) is 0 Å². The number of hydrogen-bond donors (Lipinski definition) is 1. The van der Waals surface area contributed by atoms with E-state index in [0.717, 1.165) is 18.0 Å². The van der Waals surface area contributed by atoms with Gasteiger partial charge in [0.1, 0.15) is 5.75 Å². The Balaban J connectivity index is 1.93. The van der Waals surface area contributed by atoms with E-state index in [0.29, 0.717) is 0 Å². The number of hydrogen-bond acceptors (Lipinski definition) is 2. The number of benzene rings is 1. The predicted molar refractivity (Wildman–Crippen MR) is 62.2 cm³/mol. The van der Waals surface area contributed by atoms with Gasteiger partial charge in [-0.3, -0.25) is 0 Å². The van der Waals surface area contributed by atoms with E-state index in [4.69, 9.17) is 0 Å². The van der Waals surface area contributed by atoms with Gasteiger partial charge in [0, 0.05) is 6.04 Å². The van der Waals surface area contributed by atoms with Crippen molar-refractivity contribution in [1.82, 2.24) is 5.32 Å². The van der Waals surface area contributed by atoms with Gasteiger partial charge in [-0.05, 0) is 49.9 Å². The molecule has 0 aromatic heterocycles. The summed E-state index contributed by atoms with van der Waals surface area (Å²) >= 11 is 0. The minimum Gasteiger partial charge on any atom is -0.435 e. The first-order chi connectivity index (χ1) is 8.15. The molecule has 1 aromatic carbocycles. The van der Waals surface area contributed by atoms with Crippen LogP contribution in [0.1, 0.15) is 31.4 Å². The number of rotatable bonds is 6. The highest BCUT2D eigenvalue weighted by Gasteiger charge is 2.21. The average molecular weight is 241 g/mol. The smallest absolute Gasteiger partial charge is 0.387 e. The monoisotopic (exact) mass is 241 g/mol. The van der Waals surface area contributed by atoms with Crippen LogP contribution in [0.3, 0.4) is 0 Å². The normalized spacial score (nSPS) is 17.2. The van der Waals surface area contributed by atoms with Crippen LogP contribution in [0.15, 0.2) is 24.3 Å². The van der Waals surface area contributed by atoms with Crippen LogP contribution >= 0.6 is 0 Å². The molecule has 1 aliphatic rings. The Labute approximate surface area is 100.0 Å². The van der Waals surface area contributed by atoms with E-state index in [-0.39, 0.29) is 11.8 Å². The Morgan fingerprint density at radius 2 is 2.18 bits per heavy atom. The second kappa shape index (κ2) is 5.45. The van der Waals surface area contributed by atoms with Gasteiger partial charge in [-0.15, -0.1) is 0 Å². The molecule has 1 fully saturated rings. The maximum absolute atomic E-state index is 12.1. The minimum atomic E-state index is -2.76. The number of ether oxygens (including phenoxy) is 1. The van der Waals surface area contributed by atoms with Crippen molar-refractivity contribution in [3.05, 3.63) is 29.8 Å². The van der Waals surface area contributed by atoms with Crippen LogP contribution in [0, 0.1) is 5.92 Å². The van der Waals surface area contributed by atoms with Gasteiger partial charge in [0.25, 0.3) is 0 Å². The zero-order valence-electron chi connectivity index (χ0n) is 9.83. The summed E-state index contributed by atoms with van der Waals surface area (Å²) in [5, 5.41) is 3.40. The number of alkyl halides is 2. The molecule has 1 aliphatic carbocycles. The fraction of sp³-hybridized carbons (Fsp3) is 0.538. The summed E-state index contributed by atoms with van der Waals surface area (Å²) in [5.41, 5.74) is 0.976.